The molecular weight excluding hydrogens is 716 g/mol. The Hall–Kier alpha value is -4.06. The third kappa shape index (κ3) is 5.76. The van der Waals surface area contributed by atoms with Crippen LogP contribution >= 0.6 is 11.6 Å². The highest BCUT2D eigenvalue weighted by Gasteiger charge is 2.45. The molecule has 11 heteroatoms. The molecule has 3 aliphatic rings. The van der Waals surface area contributed by atoms with E-state index in [1.165, 1.54) is 24.3 Å². The quantitative estimate of drug-likeness (QED) is 0.143. The second kappa shape index (κ2) is 12.5. The van der Waals surface area contributed by atoms with Gasteiger partial charge in [-0.3, -0.25) is 9.11 Å². The molecule has 0 saturated carbocycles. The lowest BCUT2D eigenvalue weighted by atomic mass is 9.79. The number of hydrogen-bond acceptors (Lipinski definition) is 5. The monoisotopic (exact) mass is 757 g/mol. The standard InChI is InChI=1S/C41H41ClN2O6S2/c1-7-43-33-19-11-27-23-29(51(45,46)47)15-17-31(27)37(33)40(3,4)35(43)21-13-25-9-10-26(39(25)42)14-22-36-41(5,6)38-32-18-16-30(52(48,49)50)24-28(32)12-20-34(38)44(36)8-2/h11-24H,7-10H2,1-6H3,(H-,45,46,47,48,49,50)/p+1. The van der Waals surface area contributed by atoms with Crippen molar-refractivity contribution in [2.75, 3.05) is 18.0 Å². The zero-order chi connectivity index (χ0) is 37.5. The molecule has 2 heterocycles. The zero-order valence-corrected chi connectivity index (χ0v) is 32.4. The molecule has 0 amide bonds. The Balaban J connectivity index is 1.22. The Morgan fingerprint density at radius 2 is 1.37 bits per heavy atom. The van der Waals surface area contributed by atoms with E-state index in [9.17, 15) is 25.9 Å². The summed E-state index contributed by atoms with van der Waals surface area (Å²) in [5, 5.41) is 4.14. The van der Waals surface area contributed by atoms with Crippen molar-refractivity contribution in [2.45, 2.75) is 75.0 Å². The van der Waals surface area contributed by atoms with E-state index in [2.05, 4.69) is 75.3 Å². The molecule has 270 valence electrons. The highest BCUT2D eigenvalue weighted by atomic mass is 35.5. The number of halogens is 1. The Labute approximate surface area is 310 Å². The summed E-state index contributed by atoms with van der Waals surface area (Å²) in [6.07, 6.45) is 10.2. The van der Waals surface area contributed by atoms with Gasteiger partial charge in [0.2, 0.25) is 5.69 Å². The van der Waals surface area contributed by atoms with Gasteiger partial charge in [-0.25, -0.2) is 0 Å². The zero-order valence-electron chi connectivity index (χ0n) is 30.0. The summed E-state index contributed by atoms with van der Waals surface area (Å²) in [5.41, 5.74) is 7.95. The van der Waals surface area contributed by atoms with Crippen molar-refractivity contribution in [3.05, 3.63) is 118 Å². The Kier molecular flexibility index (Phi) is 8.74. The summed E-state index contributed by atoms with van der Waals surface area (Å²) >= 11 is 7.09. The topological polar surface area (TPSA) is 115 Å². The molecule has 52 heavy (non-hydrogen) atoms. The van der Waals surface area contributed by atoms with Crippen molar-refractivity contribution in [3.63, 3.8) is 0 Å². The van der Waals surface area contributed by atoms with E-state index in [4.69, 9.17) is 11.6 Å². The minimum atomic E-state index is -4.32. The summed E-state index contributed by atoms with van der Waals surface area (Å²) in [4.78, 5) is 2.05. The van der Waals surface area contributed by atoms with Gasteiger partial charge in [0, 0.05) is 46.1 Å². The first-order valence-corrected chi connectivity index (χ1v) is 20.7. The third-order valence-corrected chi connectivity index (χ3v) is 13.2. The van der Waals surface area contributed by atoms with Crippen LogP contribution < -0.4 is 4.90 Å². The number of allylic oxidation sites excluding steroid dienone is 8. The Morgan fingerprint density at radius 1 is 0.769 bits per heavy atom. The number of hydrogen-bond donors (Lipinski definition) is 2. The van der Waals surface area contributed by atoms with Crippen LogP contribution in [0.3, 0.4) is 0 Å². The van der Waals surface area contributed by atoms with Crippen LogP contribution in [0.15, 0.2) is 117 Å². The highest BCUT2D eigenvalue weighted by molar-refractivity contribution is 7.86. The second-order valence-corrected chi connectivity index (χ2v) is 17.9. The minimum absolute atomic E-state index is 0.122. The van der Waals surface area contributed by atoms with E-state index in [1.807, 2.05) is 24.3 Å². The lowest BCUT2D eigenvalue weighted by Gasteiger charge is -2.26. The number of nitrogens with zero attached hydrogens (tertiary/aromatic N) is 2. The van der Waals surface area contributed by atoms with Crippen LogP contribution in [-0.4, -0.2) is 49.3 Å². The van der Waals surface area contributed by atoms with Gasteiger partial charge in [-0.2, -0.15) is 21.4 Å². The maximum atomic E-state index is 11.8. The summed E-state index contributed by atoms with van der Waals surface area (Å²) in [6.45, 7) is 14.4. The molecule has 1 aliphatic carbocycles. The molecule has 0 aromatic heterocycles. The smallest absolute Gasteiger partial charge is 0.294 e. The van der Waals surface area contributed by atoms with Crippen molar-refractivity contribution in [2.24, 2.45) is 0 Å². The molecule has 4 aromatic rings. The maximum absolute atomic E-state index is 11.8. The molecule has 2 aliphatic heterocycles. The van der Waals surface area contributed by atoms with Crippen LogP contribution in [0.2, 0.25) is 0 Å². The fourth-order valence-corrected chi connectivity index (χ4v) is 9.86. The van der Waals surface area contributed by atoms with Crippen molar-refractivity contribution in [3.8, 4) is 0 Å². The number of anilines is 1. The fourth-order valence-electron chi connectivity index (χ4n) is 8.51. The lowest BCUT2D eigenvalue weighted by Crippen LogP contribution is -2.27. The summed E-state index contributed by atoms with van der Waals surface area (Å²) in [5.74, 6) is 0. The van der Waals surface area contributed by atoms with Crippen LogP contribution in [-0.2, 0) is 31.1 Å². The first kappa shape index (κ1) is 36.3. The van der Waals surface area contributed by atoms with Gasteiger partial charge in [0.05, 0.1) is 15.2 Å². The first-order valence-electron chi connectivity index (χ1n) is 17.4. The predicted octanol–water partition coefficient (Wildman–Crippen LogP) is 9.35. The SMILES string of the molecule is CCN1/C(=C/C=C2\CCC(/C=C/C3=[N+](CC)c4ccc5cc(S(=O)(=O)O)ccc5c4C3(C)C)=C2Cl)C(C)(C)c2c1ccc1cc(S(=O)(=O)O)ccc21. The van der Waals surface area contributed by atoms with Gasteiger partial charge in [-0.05, 0) is 121 Å². The molecule has 0 unspecified atom stereocenters. The number of benzene rings is 4. The third-order valence-electron chi connectivity index (χ3n) is 11.0. The minimum Gasteiger partial charge on any atom is -0.344 e. The second-order valence-electron chi connectivity index (χ2n) is 14.7. The molecule has 0 atom stereocenters. The average Bonchev–Trinajstić information content (AvgIpc) is 3.63. The Bertz CT molecular complexity index is 2610. The molecule has 0 radical (unpaired) electrons. The van der Waals surface area contributed by atoms with Crippen molar-refractivity contribution < 1.29 is 30.5 Å². The number of likely N-dealkylation sites (N-methyl/N-ethyl adjacent to an activating group) is 1. The fraction of sp³-hybridized carbons (Fsp3) is 0.293. The molecule has 7 rings (SSSR count). The summed E-state index contributed by atoms with van der Waals surface area (Å²) in [6, 6.07) is 17.4. The van der Waals surface area contributed by atoms with Crippen LogP contribution in [0.1, 0.15) is 65.5 Å². The van der Waals surface area contributed by atoms with Crippen LogP contribution in [0, 0.1) is 0 Å². The average molecular weight is 758 g/mol. The first-order chi connectivity index (χ1) is 24.4. The Morgan fingerprint density at radius 3 is 1.94 bits per heavy atom. The molecule has 4 aromatic carbocycles. The number of fused-ring (bicyclic) bond motifs is 6. The van der Waals surface area contributed by atoms with Crippen LogP contribution in [0.5, 0.6) is 0 Å². The van der Waals surface area contributed by atoms with Crippen molar-refractivity contribution in [1.29, 1.82) is 0 Å². The van der Waals surface area contributed by atoms with Gasteiger partial charge in [-0.15, -0.1) is 0 Å². The van der Waals surface area contributed by atoms with Crippen LogP contribution in [0.4, 0.5) is 11.4 Å². The van der Waals surface area contributed by atoms with Gasteiger partial charge in [0.25, 0.3) is 20.2 Å². The molecule has 0 fully saturated rings. The molecule has 0 bridgehead atoms. The van der Waals surface area contributed by atoms with Crippen molar-refractivity contribution >= 4 is 70.5 Å². The van der Waals surface area contributed by atoms with Gasteiger partial charge < -0.3 is 4.90 Å². The summed E-state index contributed by atoms with van der Waals surface area (Å²) in [7, 11) is -8.63. The maximum Gasteiger partial charge on any atom is 0.294 e. The van der Waals surface area contributed by atoms with E-state index in [0.29, 0.717) is 0 Å². The van der Waals surface area contributed by atoms with Gasteiger partial charge in [-0.1, -0.05) is 55.8 Å². The number of rotatable bonds is 7. The van der Waals surface area contributed by atoms with E-state index < -0.39 is 20.2 Å². The lowest BCUT2D eigenvalue weighted by molar-refractivity contribution is -0.433. The van der Waals surface area contributed by atoms with E-state index in [1.54, 1.807) is 12.1 Å². The van der Waals surface area contributed by atoms with Gasteiger partial charge >= 0.3 is 0 Å². The predicted molar refractivity (Wildman–Crippen MR) is 209 cm³/mol. The normalized spacial score (nSPS) is 20.1. The highest BCUT2D eigenvalue weighted by Crippen LogP contribution is 2.51. The molecule has 0 spiro atoms. The van der Waals surface area contributed by atoms with E-state index in [0.717, 1.165) is 97.6 Å². The largest absolute Gasteiger partial charge is 0.344 e. The van der Waals surface area contributed by atoms with Gasteiger partial charge in [0.15, 0.2) is 5.71 Å². The molecular formula is C41H42ClN2O6S2+. The van der Waals surface area contributed by atoms with E-state index in [-0.39, 0.29) is 20.6 Å². The van der Waals surface area contributed by atoms with Crippen molar-refractivity contribution in [1.82, 2.24) is 0 Å². The van der Waals surface area contributed by atoms with Crippen LogP contribution in [0.25, 0.3) is 21.5 Å². The molecule has 0 saturated heterocycles. The summed E-state index contributed by atoms with van der Waals surface area (Å²) < 4.78 is 68.8. The van der Waals surface area contributed by atoms with Gasteiger partial charge in [0.1, 0.15) is 6.54 Å². The molecule has 8 nitrogen and oxygen atoms in total. The van der Waals surface area contributed by atoms with E-state index >= 15 is 0 Å². The molecule has 2 N–H and O–H groups in total.